The Hall–Kier alpha value is -4.88. The number of ether oxygens (including phenoxy) is 1. The zero-order chi connectivity index (χ0) is 26.8. The summed E-state index contributed by atoms with van der Waals surface area (Å²) in [6.45, 7) is 1.38. The Morgan fingerprint density at radius 2 is 1.82 bits per heavy atom. The molecule has 1 atom stereocenters. The highest BCUT2D eigenvalue weighted by Gasteiger charge is 2.26. The minimum atomic E-state index is -1.13. The Balaban J connectivity index is 1.24. The van der Waals surface area contributed by atoms with E-state index in [1.807, 2.05) is 0 Å². The molecule has 0 bridgehead atoms. The summed E-state index contributed by atoms with van der Waals surface area (Å²) in [4.78, 5) is 41.1. The molecule has 38 heavy (non-hydrogen) atoms. The third-order valence-corrected chi connectivity index (χ3v) is 5.74. The van der Waals surface area contributed by atoms with E-state index < -0.39 is 24.0 Å². The average Bonchev–Trinajstić information content (AvgIpc) is 3.70. The monoisotopic (exact) mass is 521 g/mol. The molecule has 4 aromatic heterocycles. The van der Waals surface area contributed by atoms with Crippen LogP contribution in [-0.4, -0.2) is 46.9 Å². The van der Waals surface area contributed by atoms with Crippen LogP contribution in [0.5, 0.6) is 0 Å². The third kappa shape index (κ3) is 5.43. The van der Waals surface area contributed by atoms with E-state index in [0.29, 0.717) is 22.9 Å². The highest BCUT2D eigenvalue weighted by atomic mass is 19.1. The van der Waals surface area contributed by atoms with Gasteiger partial charge < -0.3 is 10.1 Å². The molecule has 0 spiro atoms. The maximum Gasteiger partial charge on any atom is 0.413 e. The van der Waals surface area contributed by atoms with Crippen molar-refractivity contribution in [2.75, 3.05) is 10.6 Å². The summed E-state index contributed by atoms with van der Waals surface area (Å²) in [7, 11) is 1.54. The van der Waals surface area contributed by atoms with Gasteiger partial charge in [-0.15, -0.1) is 5.10 Å². The van der Waals surface area contributed by atoms with Crippen molar-refractivity contribution in [2.24, 2.45) is 7.05 Å². The third-order valence-electron chi connectivity index (χ3n) is 5.74. The van der Waals surface area contributed by atoms with Crippen LogP contribution in [0.1, 0.15) is 53.5 Å². The van der Waals surface area contributed by atoms with Gasteiger partial charge in [-0.3, -0.25) is 15.1 Å². The van der Waals surface area contributed by atoms with Crippen molar-refractivity contribution in [1.29, 1.82) is 0 Å². The van der Waals surface area contributed by atoms with Crippen LogP contribution in [-0.2, 0) is 11.8 Å². The first kappa shape index (κ1) is 24.8. The maximum atomic E-state index is 13.9. The Bertz CT molecular complexity index is 1490. The molecule has 1 saturated carbocycles. The molecule has 12 nitrogen and oxygen atoms in total. The smallest absolute Gasteiger partial charge is 0.413 e. The predicted octanol–water partition coefficient (Wildman–Crippen LogP) is 3.78. The van der Waals surface area contributed by atoms with E-state index in [1.165, 1.54) is 37.2 Å². The molecule has 1 aliphatic rings. The molecule has 0 saturated heterocycles. The molecule has 0 unspecified atom stereocenters. The van der Waals surface area contributed by atoms with Crippen LogP contribution >= 0.6 is 0 Å². The van der Waals surface area contributed by atoms with Crippen molar-refractivity contribution >= 4 is 23.5 Å². The molecule has 2 amide bonds. The number of aromatic nitrogens is 7. The highest BCUT2D eigenvalue weighted by Crippen LogP contribution is 2.37. The molecule has 0 aliphatic heterocycles. The molecular weight excluding hydrogens is 500 g/mol. The van der Waals surface area contributed by atoms with Crippen molar-refractivity contribution in [3.05, 3.63) is 71.7 Å². The number of rotatable bonds is 7. The largest absolute Gasteiger partial charge is 0.441 e. The van der Waals surface area contributed by atoms with E-state index >= 15 is 0 Å². The molecular formula is C24H21F2N9O3. The van der Waals surface area contributed by atoms with E-state index in [4.69, 9.17) is 4.74 Å². The lowest BCUT2D eigenvalue weighted by Crippen LogP contribution is -2.19. The number of pyridine rings is 2. The van der Waals surface area contributed by atoms with E-state index in [2.05, 4.69) is 40.9 Å². The summed E-state index contributed by atoms with van der Waals surface area (Å²) < 4.78 is 33.8. The number of amides is 2. The molecule has 1 fully saturated rings. The number of carbonyl (C=O) groups excluding carboxylic acids is 2. The van der Waals surface area contributed by atoms with Crippen LogP contribution in [0, 0.1) is 11.8 Å². The summed E-state index contributed by atoms with van der Waals surface area (Å²) >= 11 is 0. The van der Waals surface area contributed by atoms with Gasteiger partial charge in [-0.1, -0.05) is 5.21 Å². The number of hydrogen-bond acceptors (Lipinski definition) is 9. The first-order chi connectivity index (χ1) is 18.3. The van der Waals surface area contributed by atoms with Gasteiger partial charge in [0.25, 0.3) is 5.91 Å². The van der Waals surface area contributed by atoms with Crippen LogP contribution in [0.3, 0.4) is 0 Å². The summed E-state index contributed by atoms with van der Waals surface area (Å²) in [5.74, 6) is -0.807. The van der Waals surface area contributed by atoms with E-state index in [9.17, 15) is 18.4 Å². The van der Waals surface area contributed by atoms with Gasteiger partial charge in [0.2, 0.25) is 5.95 Å². The first-order valence-corrected chi connectivity index (χ1v) is 11.6. The van der Waals surface area contributed by atoms with Gasteiger partial charge >= 0.3 is 6.09 Å². The summed E-state index contributed by atoms with van der Waals surface area (Å²) in [6.07, 6.45) is 5.20. The summed E-state index contributed by atoms with van der Waals surface area (Å²) in [5.41, 5.74) is 1.09. The molecule has 194 valence electrons. The number of carbonyl (C=O) groups is 2. The highest BCUT2D eigenvalue weighted by molar-refractivity contribution is 6.03. The minimum absolute atomic E-state index is 0.150. The SMILES string of the molecule is C[C@@H](OC(=O)Nc1c(-c2ccc(NC(=O)c3cnc(C4CC4)nc3)cn2)nnn1C)c1cc(F)cnc1F. The van der Waals surface area contributed by atoms with Crippen molar-refractivity contribution in [1.82, 2.24) is 34.9 Å². The fourth-order valence-electron chi connectivity index (χ4n) is 3.56. The predicted molar refractivity (Wildman–Crippen MR) is 129 cm³/mol. The number of aryl methyl sites for hydroxylation is 1. The van der Waals surface area contributed by atoms with Crippen LogP contribution < -0.4 is 10.6 Å². The molecule has 1 aliphatic carbocycles. The number of hydrogen-bond donors (Lipinski definition) is 2. The lowest BCUT2D eigenvalue weighted by atomic mass is 10.2. The van der Waals surface area contributed by atoms with Crippen LogP contribution in [0.15, 0.2) is 43.0 Å². The second-order valence-electron chi connectivity index (χ2n) is 8.61. The van der Waals surface area contributed by atoms with Crippen molar-refractivity contribution in [3.63, 3.8) is 0 Å². The van der Waals surface area contributed by atoms with E-state index in [0.717, 1.165) is 30.9 Å². The number of nitrogens with one attached hydrogen (secondary N) is 2. The topological polar surface area (TPSA) is 150 Å². The van der Waals surface area contributed by atoms with Crippen molar-refractivity contribution in [2.45, 2.75) is 31.8 Å². The van der Waals surface area contributed by atoms with E-state index in [-0.39, 0.29) is 23.0 Å². The van der Waals surface area contributed by atoms with Gasteiger partial charge in [0.05, 0.1) is 34.9 Å². The lowest BCUT2D eigenvalue weighted by Gasteiger charge is -2.15. The van der Waals surface area contributed by atoms with Gasteiger partial charge in [-0.25, -0.2) is 28.8 Å². The zero-order valence-electron chi connectivity index (χ0n) is 20.2. The summed E-state index contributed by atoms with van der Waals surface area (Å²) in [5, 5.41) is 13.1. The molecule has 5 rings (SSSR count). The van der Waals surface area contributed by atoms with Gasteiger partial charge in [0, 0.05) is 25.4 Å². The van der Waals surface area contributed by atoms with Gasteiger partial charge in [0.1, 0.15) is 17.7 Å². The number of halogens is 2. The van der Waals surface area contributed by atoms with Crippen LogP contribution in [0.2, 0.25) is 0 Å². The van der Waals surface area contributed by atoms with Gasteiger partial charge in [-0.2, -0.15) is 4.39 Å². The van der Waals surface area contributed by atoms with Gasteiger partial charge in [-0.05, 0) is 38.0 Å². The van der Waals surface area contributed by atoms with E-state index in [1.54, 1.807) is 12.1 Å². The molecule has 2 N–H and O–H groups in total. The quantitative estimate of drug-likeness (QED) is 0.346. The normalized spacial score (nSPS) is 13.6. The minimum Gasteiger partial charge on any atom is -0.441 e. The van der Waals surface area contributed by atoms with Crippen LogP contribution in [0.4, 0.5) is 25.1 Å². The molecule has 4 heterocycles. The molecule has 0 radical (unpaired) electrons. The Morgan fingerprint density at radius 3 is 2.50 bits per heavy atom. The average molecular weight is 521 g/mol. The molecule has 0 aromatic carbocycles. The zero-order valence-corrected chi connectivity index (χ0v) is 20.2. The van der Waals surface area contributed by atoms with Gasteiger partial charge in [0.15, 0.2) is 11.5 Å². The first-order valence-electron chi connectivity index (χ1n) is 11.6. The fourth-order valence-corrected chi connectivity index (χ4v) is 3.56. The lowest BCUT2D eigenvalue weighted by molar-refractivity contribution is 0.102. The Kier molecular flexibility index (Phi) is 6.68. The second-order valence-corrected chi connectivity index (χ2v) is 8.61. The van der Waals surface area contributed by atoms with Crippen molar-refractivity contribution < 1.29 is 23.1 Å². The Morgan fingerprint density at radius 1 is 1.05 bits per heavy atom. The second kappa shape index (κ2) is 10.2. The maximum absolute atomic E-state index is 13.9. The molecule has 4 aromatic rings. The standard InChI is InChI=1S/C24H21F2N9O3/c1-12(17-7-15(25)10-28-20(17)26)38-24(37)32-22-19(33-34-35(22)2)18-6-5-16(11-27-18)31-23(36)14-8-29-21(30-9-14)13-3-4-13/h5-13H,3-4H2,1-2H3,(H,31,36)(H,32,37)/t12-/m1/s1. The number of anilines is 2. The molecule has 14 heteroatoms. The number of nitrogens with zero attached hydrogens (tertiary/aromatic N) is 7. The van der Waals surface area contributed by atoms with Crippen LogP contribution in [0.25, 0.3) is 11.4 Å². The Labute approximate surface area is 214 Å². The summed E-state index contributed by atoms with van der Waals surface area (Å²) in [6, 6.07) is 4.09. The van der Waals surface area contributed by atoms with Crippen molar-refractivity contribution in [3.8, 4) is 11.4 Å². The fraction of sp³-hybridized carbons (Fsp3) is 0.250.